The second-order valence-electron chi connectivity index (χ2n) is 4.06. The van der Waals surface area contributed by atoms with Gasteiger partial charge in [0.2, 0.25) is 0 Å². The van der Waals surface area contributed by atoms with E-state index in [0.717, 1.165) is 11.4 Å². The average Bonchev–Trinajstić information content (AvgIpc) is 2.38. The molecule has 5 heteroatoms. The molecule has 0 fully saturated rings. The second-order valence-corrected chi connectivity index (χ2v) is 4.91. The topological polar surface area (TPSA) is 29.3 Å². The molecule has 2 nitrogen and oxygen atoms in total. The third-order valence-corrected chi connectivity index (χ3v) is 3.35. The van der Waals surface area contributed by atoms with Crippen molar-refractivity contribution in [1.29, 1.82) is 0 Å². The fourth-order valence-corrected chi connectivity index (χ4v) is 2.24. The Bertz CT molecular complexity index is 613. The summed E-state index contributed by atoms with van der Waals surface area (Å²) in [5.74, 6) is -0.265. The number of benzene rings is 2. The monoisotopic (exact) mass is 294 g/mol. The van der Waals surface area contributed by atoms with E-state index in [1.54, 1.807) is 24.3 Å². The van der Waals surface area contributed by atoms with E-state index in [-0.39, 0.29) is 10.8 Å². The minimum Gasteiger partial charge on any atom is -0.389 e. The zero-order chi connectivity index (χ0) is 14.0. The summed E-state index contributed by atoms with van der Waals surface area (Å²) in [6.07, 6.45) is 0. The number of hydrogen-bond acceptors (Lipinski definition) is 2. The molecule has 0 atom stereocenters. The number of rotatable bonds is 3. The number of halogens is 2. The molecule has 0 unspecified atom stereocenters. The van der Waals surface area contributed by atoms with E-state index in [0.29, 0.717) is 10.6 Å². The van der Waals surface area contributed by atoms with Gasteiger partial charge in [-0.3, -0.25) is 0 Å². The summed E-state index contributed by atoms with van der Waals surface area (Å²) in [6.45, 7) is 0. The molecule has 2 N–H and O–H groups in total. The van der Waals surface area contributed by atoms with Crippen molar-refractivity contribution < 1.29 is 4.39 Å². The molecule has 0 aliphatic carbocycles. The van der Waals surface area contributed by atoms with Gasteiger partial charge in [-0.05, 0) is 42.5 Å². The van der Waals surface area contributed by atoms with Crippen LogP contribution in [0.4, 0.5) is 15.8 Å². The molecule has 0 amide bonds. The average molecular weight is 295 g/mol. The van der Waals surface area contributed by atoms with Crippen molar-refractivity contribution in [2.24, 2.45) is 5.73 Å². The Labute approximate surface area is 121 Å². The van der Waals surface area contributed by atoms with Crippen molar-refractivity contribution in [2.45, 2.75) is 0 Å². The lowest BCUT2D eigenvalue weighted by atomic mass is 10.2. The van der Waals surface area contributed by atoms with E-state index in [2.05, 4.69) is 0 Å². The highest BCUT2D eigenvalue weighted by Crippen LogP contribution is 2.28. The number of hydrogen-bond donors (Lipinski definition) is 1. The Morgan fingerprint density at radius 2 is 1.74 bits per heavy atom. The molecule has 0 spiro atoms. The van der Waals surface area contributed by atoms with Gasteiger partial charge in [0.1, 0.15) is 10.8 Å². The zero-order valence-electron chi connectivity index (χ0n) is 10.2. The van der Waals surface area contributed by atoms with Gasteiger partial charge in [-0.15, -0.1) is 0 Å². The predicted octanol–water partition coefficient (Wildman–Crippen LogP) is 3.88. The van der Waals surface area contributed by atoms with Crippen LogP contribution in [0.15, 0.2) is 42.5 Å². The SMILES string of the molecule is CN(c1ccc(F)cc1)c1ccc(C(N)=S)c(Cl)c1. The third-order valence-electron chi connectivity index (χ3n) is 2.82. The minimum atomic E-state index is -0.265. The summed E-state index contributed by atoms with van der Waals surface area (Å²) < 4.78 is 12.9. The first-order valence-electron chi connectivity index (χ1n) is 5.57. The maximum Gasteiger partial charge on any atom is 0.123 e. The Hall–Kier alpha value is -1.65. The highest BCUT2D eigenvalue weighted by atomic mass is 35.5. The van der Waals surface area contributed by atoms with Gasteiger partial charge in [-0.2, -0.15) is 0 Å². The van der Waals surface area contributed by atoms with Crippen molar-refractivity contribution in [3.8, 4) is 0 Å². The Kier molecular flexibility index (Phi) is 4.02. The Balaban J connectivity index is 2.34. The maximum atomic E-state index is 12.9. The summed E-state index contributed by atoms with van der Waals surface area (Å²) in [7, 11) is 1.87. The highest BCUT2D eigenvalue weighted by Gasteiger charge is 2.08. The Morgan fingerprint density at radius 1 is 1.16 bits per heavy atom. The summed E-state index contributed by atoms with van der Waals surface area (Å²) in [5, 5.41) is 0.499. The fraction of sp³-hybridized carbons (Fsp3) is 0.0714. The van der Waals surface area contributed by atoms with E-state index in [1.165, 1.54) is 12.1 Å². The van der Waals surface area contributed by atoms with E-state index in [9.17, 15) is 4.39 Å². The van der Waals surface area contributed by atoms with Gasteiger partial charge >= 0.3 is 0 Å². The van der Waals surface area contributed by atoms with Gasteiger partial charge in [-0.25, -0.2) is 4.39 Å². The molecule has 2 rings (SSSR count). The Morgan fingerprint density at radius 3 is 2.26 bits per heavy atom. The van der Waals surface area contributed by atoms with Crippen molar-refractivity contribution in [2.75, 3.05) is 11.9 Å². The van der Waals surface area contributed by atoms with Crippen LogP contribution >= 0.6 is 23.8 Å². The van der Waals surface area contributed by atoms with E-state index in [4.69, 9.17) is 29.6 Å². The summed E-state index contributed by atoms with van der Waals surface area (Å²) >= 11 is 11.0. The van der Waals surface area contributed by atoms with Gasteiger partial charge in [0, 0.05) is 24.0 Å². The summed E-state index contributed by atoms with van der Waals surface area (Å²) in [5.41, 5.74) is 7.94. The first-order chi connectivity index (χ1) is 8.99. The quantitative estimate of drug-likeness (QED) is 0.871. The number of nitrogens with zero attached hydrogens (tertiary/aromatic N) is 1. The molecule has 98 valence electrons. The zero-order valence-corrected chi connectivity index (χ0v) is 11.8. The lowest BCUT2D eigenvalue weighted by Crippen LogP contribution is -2.12. The molecule has 0 heterocycles. The molecule has 19 heavy (non-hydrogen) atoms. The van der Waals surface area contributed by atoms with Crippen LogP contribution in [-0.2, 0) is 0 Å². The first-order valence-corrected chi connectivity index (χ1v) is 6.36. The van der Waals surface area contributed by atoms with Crippen LogP contribution < -0.4 is 10.6 Å². The molecule has 0 aromatic heterocycles. The molecule has 2 aromatic rings. The van der Waals surface area contributed by atoms with Crippen molar-refractivity contribution in [3.63, 3.8) is 0 Å². The van der Waals surface area contributed by atoms with Crippen LogP contribution in [-0.4, -0.2) is 12.0 Å². The molecule has 2 aromatic carbocycles. The fourth-order valence-electron chi connectivity index (χ4n) is 1.73. The molecule has 0 aliphatic rings. The van der Waals surface area contributed by atoms with E-state index < -0.39 is 0 Å². The van der Waals surface area contributed by atoms with Crippen LogP contribution in [0.2, 0.25) is 5.02 Å². The molecule has 0 radical (unpaired) electrons. The molecule has 0 aliphatic heterocycles. The number of nitrogens with two attached hydrogens (primary N) is 1. The number of anilines is 2. The lowest BCUT2D eigenvalue weighted by Gasteiger charge is -2.20. The molecular weight excluding hydrogens is 283 g/mol. The van der Waals surface area contributed by atoms with Crippen molar-refractivity contribution >= 4 is 40.2 Å². The first kappa shape index (κ1) is 13.8. The third kappa shape index (κ3) is 3.03. The molecular formula is C14H12ClFN2S. The van der Waals surface area contributed by atoms with Gasteiger partial charge in [0.15, 0.2) is 0 Å². The standard InChI is InChI=1S/C14H12ClFN2S/c1-18(10-4-2-9(16)3-5-10)11-6-7-12(14(17)19)13(15)8-11/h2-8H,1H3,(H2,17,19). The van der Waals surface area contributed by atoms with Crippen LogP contribution in [0.25, 0.3) is 0 Å². The van der Waals surface area contributed by atoms with Crippen LogP contribution in [0.1, 0.15) is 5.56 Å². The second kappa shape index (κ2) is 5.55. The largest absolute Gasteiger partial charge is 0.389 e. The van der Waals surface area contributed by atoms with Gasteiger partial charge in [0.25, 0.3) is 0 Å². The predicted molar refractivity (Wildman–Crippen MR) is 81.8 cm³/mol. The van der Waals surface area contributed by atoms with Crippen LogP contribution in [0.3, 0.4) is 0 Å². The minimum absolute atomic E-state index is 0.265. The molecule has 0 saturated heterocycles. The molecule has 0 saturated carbocycles. The maximum absolute atomic E-state index is 12.9. The van der Waals surface area contributed by atoms with Crippen molar-refractivity contribution in [1.82, 2.24) is 0 Å². The lowest BCUT2D eigenvalue weighted by molar-refractivity contribution is 0.628. The van der Waals surface area contributed by atoms with Crippen molar-refractivity contribution in [3.05, 3.63) is 58.9 Å². The highest BCUT2D eigenvalue weighted by molar-refractivity contribution is 7.80. The van der Waals surface area contributed by atoms with Gasteiger partial charge in [-0.1, -0.05) is 23.8 Å². The van der Waals surface area contributed by atoms with E-state index >= 15 is 0 Å². The summed E-state index contributed by atoms with van der Waals surface area (Å²) in [4.78, 5) is 2.16. The number of thiocarbonyl (C=S) groups is 1. The molecule has 0 bridgehead atoms. The van der Waals surface area contributed by atoms with E-state index in [1.807, 2.05) is 18.0 Å². The van der Waals surface area contributed by atoms with Crippen LogP contribution in [0, 0.1) is 5.82 Å². The van der Waals surface area contributed by atoms with Gasteiger partial charge < -0.3 is 10.6 Å². The summed E-state index contributed by atoms with van der Waals surface area (Å²) in [6, 6.07) is 11.6. The normalized spacial score (nSPS) is 10.3. The van der Waals surface area contributed by atoms with Crippen LogP contribution in [0.5, 0.6) is 0 Å². The smallest absolute Gasteiger partial charge is 0.123 e. The van der Waals surface area contributed by atoms with Gasteiger partial charge in [0.05, 0.1) is 5.02 Å².